The van der Waals surface area contributed by atoms with Crippen LogP contribution >= 0.6 is 0 Å². The van der Waals surface area contributed by atoms with Gasteiger partial charge in [-0.25, -0.2) is 0 Å². The van der Waals surface area contributed by atoms with Crippen LogP contribution in [0.1, 0.15) is 72.2 Å². The van der Waals surface area contributed by atoms with Gasteiger partial charge in [-0.2, -0.15) is 0 Å². The number of anilines is 3. The first-order valence-corrected chi connectivity index (χ1v) is 19.2. The molecule has 0 aliphatic heterocycles. The van der Waals surface area contributed by atoms with Gasteiger partial charge in [0.2, 0.25) is 0 Å². The highest BCUT2D eigenvalue weighted by Crippen LogP contribution is 2.54. The van der Waals surface area contributed by atoms with Crippen LogP contribution in [0.25, 0.3) is 49.4 Å². The molecule has 53 heavy (non-hydrogen) atoms. The summed E-state index contributed by atoms with van der Waals surface area (Å²) in [5.41, 5.74) is 20.3. The first-order valence-electron chi connectivity index (χ1n) is 19.2. The zero-order valence-corrected chi connectivity index (χ0v) is 32.9. The minimum absolute atomic E-state index is 0.219. The van der Waals surface area contributed by atoms with E-state index in [1.165, 1.54) is 111 Å². The average Bonchev–Trinajstić information content (AvgIpc) is 3.58. The zero-order chi connectivity index (χ0) is 37.3. The minimum Gasteiger partial charge on any atom is -0.310 e. The molecular weight excluding hydrogens is 641 g/mol. The fraction of sp³-hybridized carbons (Fsp3) is 0.216. The van der Waals surface area contributed by atoms with Crippen molar-refractivity contribution >= 4 is 49.6 Å². The fourth-order valence-electron chi connectivity index (χ4n) is 8.56. The van der Waals surface area contributed by atoms with Crippen LogP contribution in [0.15, 0.2) is 121 Å². The van der Waals surface area contributed by atoms with E-state index in [-0.39, 0.29) is 5.41 Å². The molecule has 1 aliphatic carbocycles. The Morgan fingerprint density at radius 1 is 0.453 bits per heavy atom. The lowest BCUT2D eigenvalue weighted by Gasteiger charge is -2.29. The number of fused-ring (bicyclic) bond motifs is 8. The van der Waals surface area contributed by atoms with Crippen LogP contribution in [-0.4, -0.2) is 4.57 Å². The van der Waals surface area contributed by atoms with E-state index in [4.69, 9.17) is 0 Å². The standard InChI is InChI=1S/C49H44N2.C2H6/c1-29-13-21-45-41(23-29)42-24-30(2)14-22-46(42)51(45)47-28-44-48(39-12-10-9-11-38(39)47)40-20-19-37(27-43(40)49(44,7)8)50(35-17-15-31(3)33(5)25-35)36-18-16-32(4)34(6)26-36;1-2/h9-28H,1-8H3;1-2H3. The zero-order valence-electron chi connectivity index (χ0n) is 32.9. The smallest absolute Gasteiger partial charge is 0.0544 e. The highest BCUT2D eigenvalue weighted by Gasteiger charge is 2.38. The van der Waals surface area contributed by atoms with Gasteiger partial charge in [0.15, 0.2) is 0 Å². The lowest BCUT2D eigenvalue weighted by molar-refractivity contribution is 0.660. The molecule has 0 N–H and O–H groups in total. The number of rotatable bonds is 4. The van der Waals surface area contributed by atoms with E-state index in [0.717, 1.165) is 0 Å². The van der Waals surface area contributed by atoms with Gasteiger partial charge in [-0.1, -0.05) is 93.4 Å². The number of hydrogen-bond acceptors (Lipinski definition) is 1. The maximum atomic E-state index is 2.51. The van der Waals surface area contributed by atoms with Gasteiger partial charge in [0.25, 0.3) is 0 Å². The number of nitrogens with zero attached hydrogens (tertiary/aromatic N) is 2. The summed E-state index contributed by atoms with van der Waals surface area (Å²) in [6.45, 7) is 22.0. The van der Waals surface area contributed by atoms with E-state index in [1.807, 2.05) is 13.8 Å². The van der Waals surface area contributed by atoms with Crippen LogP contribution in [0.4, 0.5) is 17.1 Å². The molecule has 1 aliphatic rings. The second-order valence-electron chi connectivity index (χ2n) is 15.5. The Kier molecular flexibility index (Phi) is 8.34. The Bertz CT molecular complexity index is 2630. The third-order valence-electron chi connectivity index (χ3n) is 11.7. The summed E-state index contributed by atoms with van der Waals surface area (Å²) in [4.78, 5) is 2.43. The molecule has 2 nitrogen and oxygen atoms in total. The maximum Gasteiger partial charge on any atom is 0.0544 e. The molecule has 1 heterocycles. The van der Waals surface area contributed by atoms with E-state index in [0.29, 0.717) is 0 Å². The summed E-state index contributed by atoms with van der Waals surface area (Å²) < 4.78 is 2.51. The lowest BCUT2D eigenvalue weighted by atomic mass is 9.81. The summed E-state index contributed by atoms with van der Waals surface area (Å²) in [5.74, 6) is 0. The largest absolute Gasteiger partial charge is 0.310 e. The van der Waals surface area contributed by atoms with E-state index < -0.39 is 0 Å². The van der Waals surface area contributed by atoms with Crippen molar-refractivity contribution in [3.63, 3.8) is 0 Å². The van der Waals surface area contributed by atoms with Crippen LogP contribution < -0.4 is 4.90 Å². The van der Waals surface area contributed by atoms with E-state index in [2.05, 4.69) is 186 Å². The Morgan fingerprint density at radius 3 is 1.51 bits per heavy atom. The van der Waals surface area contributed by atoms with Crippen LogP contribution in [0, 0.1) is 41.5 Å². The molecule has 0 saturated heterocycles. The average molecular weight is 691 g/mol. The summed E-state index contributed by atoms with van der Waals surface area (Å²) in [5, 5.41) is 5.20. The van der Waals surface area contributed by atoms with Crippen molar-refractivity contribution in [1.82, 2.24) is 4.57 Å². The molecule has 8 aromatic rings. The van der Waals surface area contributed by atoms with Crippen molar-refractivity contribution in [3.05, 3.63) is 166 Å². The molecule has 0 spiro atoms. The van der Waals surface area contributed by atoms with Crippen molar-refractivity contribution in [1.29, 1.82) is 0 Å². The second kappa shape index (κ2) is 12.8. The van der Waals surface area contributed by atoms with Gasteiger partial charge in [0, 0.05) is 38.6 Å². The molecule has 9 rings (SSSR count). The molecule has 0 unspecified atom stereocenters. The SMILES string of the molecule is CC.Cc1ccc2c(c1)c1cc(C)ccc1n2-c1cc2c(c3ccccc13)-c1ccc(N(c3ccc(C)c(C)c3)c3ccc(C)c(C)c3)cc1C2(C)C. The number of benzene rings is 7. The number of hydrogen-bond donors (Lipinski definition) is 0. The first kappa shape index (κ1) is 34.5. The topological polar surface area (TPSA) is 8.17 Å². The highest BCUT2D eigenvalue weighted by molar-refractivity contribution is 6.13. The normalized spacial score (nSPS) is 12.9. The van der Waals surface area contributed by atoms with E-state index in [9.17, 15) is 0 Å². The first-order chi connectivity index (χ1) is 25.5. The van der Waals surface area contributed by atoms with Crippen molar-refractivity contribution in [2.24, 2.45) is 0 Å². The fourth-order valence-corrected chi connectivity index (χ4v) is 8.56. The summed E-state index contributed by atoms with van der Waals surface area (Å²) in [7, 11) is 0. The maximum absolute atomic E-state index is 2.51. The number of aryl methyl sites for hydroxylation is 6. The van der Waals surface area contributed by atoms with Gasteiger partial charge >= 0.3 is 0 Å². The van der Waals surface area contributed by atoms with Crippen molar-refractivity contribution in [2.75, 3.05) is 4.90 Å². The number of aromatic nitrogens is 1. The third-order valence-corrected chi connectivity index (χ3v) is 11.7. The predicted molar refractivity (Wildman–Crippen MR) is 230 cm³/mol. The van der Waals surface area contributed by atoms with Gasteiger partial charge < -0.3 is 9.47 Å². The van der Waals surface area contributed by atoms with Gasteiger partial charge in [-0.3, -0.25) is 0 Å². The third kappa shape index (κ3) is 5.38. The van der Waals surface area contributed by atoms with Crippen molar-refractivity contribution in [2.45, 2.75) is 74.7 Å². The molecule has 0 atom stereocenters. The van der Waals surface area contributed by atoms with Crippen LogP contribution in [-0.2, 0) is 5.41 Å². The van der Waals surface area contributed by atoms with Crippen molar-refractivity contribution < 1.29 is 0 Å². The minimum atomic E-state index is -0.219. The summed E-state index contributed by atoms with van der Waals surface area (Å²) in [6.07, 6.45) is 0. The Hall–Kier alpha value is -5.60. The lowest BCUT2D eigenvalue weighted by Crippen LogP contribution is -2.17. The van der Waals surface area contributed by atoms with Crippen LogP contribution in [0.5, 0.6) is 0 Å². The Labute approximate surface area is 315 Å². The molecule has 7 aromatic carbocycles. The van der Waals surface area contributed by atoms with Crippen molar-refractivity contribution in [3.8, 4) is 16.8 Å². The summed E-state index contributed by atoms with van der Waals surface area (Å²) >= 11 is 0. The molecule has 2 heteroatoms. The second-order valence-corrected chi connectivity index (χ2v) is 15.5. The molecule has 0 radical (unpaired) electrons. The predicted octanol–water partition coefficient (Wildman–Crippen LogP) is 14.6. The summed E-state index contributed by atoms with van der Waals surface area (Å²) in [6, 6.07) is 46.2. The monoisotopic (exact) mass is 690 g/mol. The van der Waals surface area contributed by atoms with Gasteiger partial charge in [0.05, 0.1) is 16.7 Å². The molecule has 0 saturated carbocycles. The highest BCUT2D eigenvalue weighted by atomic mass is 15.1. The molecule has 0 amide bonds. The van der Waals surface area contributed by atoms with Gasteiger partial charge in [-0.05, 0) is 158 Å². The van der Waals surface area contributed by atoms with E-state index >= 15 is 0 Å². The molecule has 0 fully saturated rings. The molecule has 1 aromatic heterocycles. The van der Waals surface area contributed by atoms with Gasteiger partial charge in [-0.15, -0.1) is 0 Å². The van der Waals surface area contributed by atoms with Crippen LogP contribution in [0.2, 0.25) is 0 Å². The van der Waals surface area contributed by atoms with Gasteiger partial charge in [0.1, 0.15) is 0 Å². The molecule has 0 bridgehead atoms. The quantitative estimate of drug-likeness (QED) is 0.178. The van der Waals surface area contributed by atoms with Crippen LogP contribution in [0.3, 0.4) is 0 Å². The molecular formula is C51H50N2. The Morgan fingerprint density at radius 2 is 0.962 bits per heavy atom. The van der Waals surface area contributed by atoms with E-state index in [1.54, 1.807) is 0 Å². The Balaban J connectivity index is 0.00000197. The molecule has 264 valence electrons.